The maximum absolute atomic E-state index is 14.4. The third-order valence-corrected chi connectivity index (χ3v) is 3.74. The van der Waals surface area contributed by atoms with E-state index in [0.29, 0.717) is 11.4 Å². The normalized spacial score (nSPS) is 16.8. The van der Waals surface area contributed by atoms with E-state index in [1.54, 1.807) is 29.2 Å². The Balaban J connectivity index is 1.82. The molecule has 1 saturated heterocycles. The van der Waals surface area contributed by atoms with Crippen molar-refractivity contribution in [1.29, 1.82) is 0 Å². The summed E-state index contributed by atoms with van der Waals surface area (Å²) < 4.78 is 21.1. The van der Waals surface area contributed by atoms with Crippen molar-refractivity contribution in [1.82, 2.24) is 9.55 Å². The van der Waals surface area contributed by atoms with E-state index in [2.05, 4.69) is 15.0 Å². The van der Waals surface area contributed by atoms with Gasteiger partial charge in [0.25, 0.3) is 0 Å². The highest BCUT2D eigenvalue weighted by atomic mass is 19.1. The molecule has 1 aliphatic heterocycles. The van der Waals surface area contributed by atoms with Gasteiger partial charge in [-0.15, -0.1) is 0 Å². The van der Waals surface area contributed by atoms with Crippen LogP contribution in [0.15, 0.2) is 35.8 Å². The number of ether oxygens (including phenoxy) is 1. The second kappa shape index (κ2) is 6.59. The Morgan fingerprint density at radius 1 is 1.54 bits per heavy atom. The molecule has 24 heavy (non-hydrogen) atoms. The Kier molecular flexibility index (Phi) is 4.35. The molecular formula is C15H15FN6O2. The van der Waals surface area contributed by atoms with Crippen LogP contribution >= 0.6 is 0 Å². The van der Waals surface area contributed by atoms with Gasteiger partial charge in [-0.2, -0.15) is 0 Å². The average molecular weight is 330 g/mol. The van der Waals surface area contributed by atoms with E-state index >= 15 is 0 Å². The second-order valence-corrected chi connectivity index (χ2v) is 5.29. The molecule has 0 aliphatic carbocycles. The van der Waals surface area contributed by atoms with E-state index in [0.717, 1.165) is 12.1 Å². The Hall–Kier alpha value is -3.06. The van der Waals surface area contributed by atoms with Crippen LogP contribution in [0.2, 0.25) is 0 Å². The lowest BCUT2D eigenvalue weighted by molar-refractivity contribution is 0.145. The highest BCUT2D eigenvalue weighted by molar-refractivity contribution is 5.89. The zero-order chi connectivity index (χ0) is 17.1. The molecule has 1 aromatic carbocycles. The number of amides is 1. The molecular weight excluding hydrogens is 315 g/mol. The molecule has 0 unspecified atom stereocenters. The van der Waals surface area contributed by atoms with Crippen LogP contribution in [0.5, 0.6) is 0 Å². The first-order chi connectivity index (χ1) is 11.6. The van der Waals surface area contributed by atoms with E-state index < -0.39 is 18.0 Å². The minimum Gasteiger partial charge on any atom is -0.444 e. The standard InChI is InChI=1S/C15H15FN6O2/c1-2-10-7-21(9-18-10)14-4-3-11(5-13(14)16)22-8-12(6-19-20-17)24-15(22)23/h3-5,7,9,12H,2,6,8H2,1H3/t12-/m0/s1. The van der Waals surface area contributed by atoms with Crippen molar-refractivity contribution in [2.75, 3.05) is 18.0 Å². The number of halogens is 1. The highest BCUT2D eigenvalue weighted by Crippen LogP contribution is 2.25. The largest absolute Gasteiger partial charge is 0.444 e. The van der Waals surface area contributed by atoms with Crippen molar-refractivity contribution in [2.45, 2.75) is 19.4 Å². The molecule has 9 heteroatoms. The Morgan fingerprint density at radius 2 is 2.38 bits per heavy atom. The fourth-order valence-electron chi connectivity index (χ4n) is 2.51. The van der Waals surface area contributed by atoms with Gasteiger partial charge < -0.3 is 9.30 Å². The fraction of sp³-hybridized carbons (Fsp3) is 0.333. The number of benzene rings is 1. The summed E-state index contributed by atoms with van der Waals surface area (Å²) in [7, 11) is 0. The molecule has 3 rings (SSSR count). The molecule has 124 valence electrons. The fourth-order valence-corrected chi connectivity index (χ4v) is 2.51. The summed E-state index contributed by atoms with van der Waals surface area (Å²) in [5.41, 5.74) is 9.92. The topological polar surface area (TPSA) is 96.1 Å². The first-order valence-electron chi connectivity index (χ1n) is 7.44. The third kappa shape index (κ3) is 3.02. The van der Waals surface area contributed by atoms with E-state index in [-0.39, 0.29) is 13.1 Å². The van der Waals surface area contributed by atoms with Gasteiger partial charge in [0, 0.05) is 11.1 Å². The van der Waals surface area contributed by atoms with Crippen LogP contribution in [0.25, 0.3) is 16.1 Å². The van der Waals surface area contributed by atoms with E-state index in [1.165, 1.54) is 11.0 Å². The minimum absolute atomic E-state index is 0.0497. The molecule has 1 atom stereocenters. The second-order valence-electron chi connectivity index (χ2n) is 5.29. The number of azide groups is 1. The number of hydrogen-bond donors (Lipinski definition) is 0. The molecule has 0 spiro atoms. The summed E-state index contributed by atoms with van der Waals surface area (Å²) in [5.74, 6) is -0.473. The molecule has 0 saturated carbocycles. The van der Waals surface area contributed by atoms with Crippen LogP contribution in [0.1, 0.15) is 12.6 Å². The number of imidazole rings is 1. The summed E-state index contributed by atoms with van der Waals surface area (Å²) >= 11 is 0. The first kappa shape index (κ1) is 15.8. The van der Waals surface area contributed by atoms with Crippen molar-refractivity contribution in [3.63, 3.8) is 0 Å². The predicted octanol–water partition coefficient (Wildman–Crippen LogP) is 3.21. The molecule has 0 bridgehead atoms. The van der Waals surface area contributed by atoms with Crippen molar-refractivity contribution in [3.8, 4) is 5.69 Å². The van der Waals surface area contributed by atoms with Gasteiger partial charge in [-0.1, -0.05) is 12.0 Å². The van der Waals surface area contributed by atoms with Crippen LogP contribution in [0.4, 0.5) is 14.9 Å². The average Bonchev–Trinajstić information content (AvgIpc) is 3.19. The zero-order valence-corrected chi connectivity index (χ0v) is 13.0. The first-order valence-corrected chi connectivity index (χ1v) is 7.44. The number of hydrogen-bond acceptors (Lipinski definition) is 4. The lowest BCUT2D eigenvalue weighted by atomic mass is 10.2. The highest BCUT2D eigenvalue weighted by Gasteiger charge is 2.32. The number of rotatable bonds is 5. The number of nitrogens with zero attached hydrogens (tertiary/aromatic N) is 6. The number of carbonyl (C=O) groups is 1. The van der Waals surface area contributed by atoms with Gasteiger partial charge in [0.1, 0.15) is 11.9 Å². The summed E-state index contributed by atoms with van der Waals surface area (Å²) in [4.78, 5) is 20.0. The van der Waals surface area contributed by atoms with E-state index in [9.17, 15) is 9.18 Å². The maximum atomic E-state index is 14.4. The molecule has 2 aromatic rings. The van der Waals surface area contributed by atoms with Gasteiger partial charge in [0.2, 0.25) is 0 Å². The molecule has 0 radical (unpaired) electrons. The van der Waals surface area contributed by atoms with E-state index in [1.807, 2.05) is 6.92 Å². The zero-order valence-electron chi connectivity index (χ0n) is 13.0. The van der Waals surface area contributed by atoms with Crippen molar-refractivity contribution in [2.24, 2.45) is 5.11 Å². The van der Waals surface area contributed by atoms with Crippen molar-refractivity contribution < 1.29 is 13.9 Å². The Morgan fingerprint density at radius 3 is 3.04 bits per heavy atom. The van der Waals surface area contributed by atoms with Crippen LogP contribution in [0.3, 0.4) is 0 Å². The number of cyclic esters (lactones) is 1. The summed E-state index contributed by atoms with van der Waals surface area (Å²) in [6.07, 6.45) is 2.96. The lowest BCUT2D eigenvalue weighted by Gasteiger charge is -2.14. The van der Waals surface area contributed by atoms with Gasteiger partial charge in [-0.05, 0) is 30.2 Å². The van der Waals surface area contributed by atoms with Gasteiger partial charge in [-0.3, -0.25) is 4.90 Å². The van der Waals surface area contributed by atoms with Crippen LogP contribution < -0.4 is 4.90 Å². The molecule has 1 aliphatic rings. The molecule has 0 N–H and O–H groups in total. The van der Waals surface area contributed by atoms with Gasteiger partial charge in [0.05, 0.1) is 36.5 Å². The summed E-state index contributed by atoms with van der Waals surface area (Å²) in [6, 6.07) is 4.50. The van der Waals surface area contributed by atoms with Crippen LogP contribution in [-0.4, -0.2) is 34.8 Å². The van der Waals surface area contributed by atoms with E-state index in [4.69, 9.17) is 10.3 Å². The Labute approximate surface area is 137 Å². The molecule has 1 amide bonds. The molecule has 2 heterocycles. The predicted molar refractivity (Wildman–Crippen MR) is 84.5 cm³/mol. The summed E-state index contributed by atoms with van der Waals surface area (Å²) in [6.45, 7) is 2.23. The Bertz CT molecular complexity index is 814. The number of anilines is 1. The molecule has 8 nitrogen and oxygen atoms in total. The monoisotopic (exact) mass is 330 g/mol. The summed E-state index contributed by atoms with van der Waals surface area (Å²) in [5, 5.41) is 3.39. The van der Waals surface area contributed by atoms with Gasteiger partial charge in [-0.25, -0.2) is 14.2 Å². The maximum Gasteiger partial charge on any atom is 0.414 e. The lowest BCUT2D eigenvalue weighted by Crippen LogP contribution is -2.25. The molecule has 1 fully saturated rings. The molecule has 1 aromatic heterocycles. The van der Waals surface area contributed by atoms with Crippen molar-refractivity contribution >= 4 is 11.8 Å². The third-order valence-electron chi connectivity index (χ3n) is 3.74. The van der Waals surface area contributed by atoms with Crippen LogP contribution in [0, 0.1) is 5.82 Å². The quantitative estimate of drug-likeness (QED) is 0.478. The van der Waals surface area contributed by atoms with Crippen LogP contribution in [-0.2, 0) is 11.2 Å². The SMILES string of the molecule is CCc1cn(-c2ccc(N3C[C@H](CN=[N+]=[N-])OC3=O)cc2F)cn1. The van der Waals surface area contributed by atoms with Crippen molar-refractivity contribution in [3.05, 3.63) is 52.7 Å². The number of aromatic nitrogens is 2. The smallest absolute Gasteiger partial charge is 0.414 e. The number of aryl methyl sites for hydroxylation is 1. The van der Waals surface area contributed by atoms with Gasteiger partial charge >= 0.3 is 6.09 Å². The minimum atomic E-state index is -0.587. The van der Waals surface area contributed by atoms with Gasteiger partial charge in [0.15, 0.2) is 0 Å². The number of carbonyl (C=O) groups excluding carboxylic acids is 1.